The number of benzene rings is 1. The number of carbonyl (C=O) groups is 1. The van der Waals surface area contributed by atoms with Crippen molar-refractivity contribution in [3.8, 4) is 6.07 Å². The van der Waals surface area contributed by atoms with Crippen LogP contribution in [0.3, 0.4) is 0 Å². The molecule has 0 unspecified atom stereocenters. The lowest BCUT2D eigenvalue weighted by Crippen LogP contribution is -2.29. The third-order valence-corrected chi connectivity index (χ3v) is 4.48. The quantitative estimate of drug-likeness (QED) is 0.912. The number of aromatic nitrogens is 2. The van der Waals surface area contributed by atoms with Gasteiger partial charge in [0.25, 0.3) is 0 Å². The van der Waals surface area contributed by atoms with Crippen LogP contribution in [0.5, 0.6) is 0 Å². The van der Waals surface area contributed by atoms with Gasteiger partial charge < -0.3 is 5.73 Å². The van der Waals surface area contributed by atoms with Crippen LogP contribution in [0.25, 0.3) is 0 Å². The summed E-state index contributed by atoms with van der Waals surface area (Å²) in [5, 5.41) is 13.1. The van der Waals surface area contributed by atoms with Crippen LogP contribution in [0.1, 0.15) is 22.6 Å². The average molecular weight is 327 g/mol. The standard InChI is InChI=1S/C17H18FN5O/c1-22-7-13(6-21-22)14-9-23(10-15(14)17(20)24)8-12-4-11(5-19)2-3-16(12)18/h2-4,6-7,14-15H,8-10H2,1H3,(H2,20,24)/t14-,15+/m1/s1. The molecule has 2 heterocycles. The second-order valence-electron chi connectivity index (χ2n) is 6.17. The summed E-state index contributed by atoms with van der Waals surface area (Å²) in [5.41, 5.74) is 7.37. The third kappa shape index (κ3) is 3.14. The molecule has 1 amide bonds. The highest BCUT2D eigenvalue weighted by atomic mass is 19.1. The van der Waals surface area contributed by atoms with Crippen LogP contribution in [0.4, 0.5) is 4.39 Å². The maximum absolute atomic E-state index is 14.0. The molecule has 0 radical (unpaired) electrons. The van der Waals surface area contributed by atoms with Crippen molar-refractivity contribution in [2.45, 2.75) is 12.5 Å². The van der Waals surface area contributed by atoms with E-state index in [1.807, 2.05) is 24.2 Å². The Hall–Kier alpha value is -2.72. The maximum atomic E-state index is 14.0. The SMILES string of the molecule is Cn1cc([C@H]2CN(Cc3cc(C#N)ccc3F)C[C@@H]2C(N)=O)cn1. The molecule has 1 aromatic carbocycles. The van der Waals surface area contributed by atoms with Crippen molar-refractivity contribution in [1.82, 2.24) is 14.7 Å². The van der Waals surface area contributed by atoms with Crippen LogP contribution in [0.15, 0.2) is 30.6 Å². The van der Waals surface area contributed by atoms with Crippen molar-refractivity contribution in [3.63, 3.8) is 0 Å². The average Bonchev–Trinajstić information content (AvgIpc) is 3.15. The number of nitrogens with zero attached hydrogens (tertiary/aromatic N) is 4. The zero-order valence-corrected chi connectivity index (χ0v) is 13.3. The summed E-state index contributed by atoms with van der Waals surface area (Å²) >= 11 is 0. The number of primary amides is 1. The van der Waals surface area contributed by atoms with Gasteiger partial charge in [-0.25, -0.2) is 4.39 Å². The van der Waals surface area contributed by atoms with Crippen LogP contribution in [-0.4, -0.2) is 33.7 Å². The van der Waals surface area contributed by atoms with E-state index in [-0.39, 0.29) is 23.6 Å². The Kier molecular flexibility index (Phi) is 4.32. The van der Waals surface area contributed by atoms with Crippen LogP contribution in [-0.2, 0) is 18.4 Å². The summed E-state index contributed by atoms with van der Waals surface area (Å²) in [4.78, 5) is 13.8. The van der Waals surface area contributed by atoms with E-state index in [0.717, 1.165) is 5.56 Å². The molecule has 24 heavy (non-hydrogen) atoms. The highest BCUT2D eigenvalue weighted by Gasteiger charge is 2.38. The first-order valence-corrected chi connectivity index (χ1v) is 7.66. The molecule has 7 heteroatoms. The van der Waals surface area contributed by atoms with Crippen LogP contribution in [0.2, 0.25) is 0 Å². The predicted octanol–water partition coefficient (Wildman–Crippen LogP) is 1.13. The van der Waals surface area contributed by atoms with Gasteiger partial charge in [-0.3, -0.25) is 14.4 Å². The molecule has 6 nitrogen and oxygen atoms in total. The highest BCUT2D eigenvalue weighted by Crippen LogP contribution is 2.33. The van der Waals surface area contributed by atoms with Gasteiger partial charge in [0.1, 0.15) is 5.82 Å². The van der Waals surface area contributed by atoms with Gasteiger partial charge in [-0.05, 0) is 23.8 Å². The Labute approximate surface area is 139 Å². The Morgan fingerprint density at radius 2 is 2.29 bits per heavy atom. The van der Waals surface area contributed by atoms with E-state index in [1.165, 1.54) is 12.1 Å². The summed E-state index contributed by atoms with van der Waals surface area (Å²) in [6.07, 6.45) is 3.61. The zero-order chi connectivity index (χ0) is 17.3. The Morgan fingerprint density at radius 1 is 1.50 bits per heavy atom. The normalized spacial score (nSPS) is 20.9. The second kappa shape index (κ2) is 6.42. The molecular weight excluding hydrogens is 309 g/mol. The summed E-state index contributed by atoms with van der Waals surface area (Å²) < 4.78 is 15.7. The fourth-order valence-electron chi connectivity index (χ4n) is 3.28. The van der Waals surface area contributed by atoms with Crippen LogP contribution >= 0.6 is 0 Å². The number of likely N-dealkylation sites (tertiary alicyclic amines) is 1. The minimum Gasteiger partial charge on any atom is -0.369 e. The maximum Gasteiger partial charge on any atom is 0.222 e. The van der Waals surface area contributed by atoms with Crippen molar-refractivity contribution in [3.05, 3.63) is 53.1 Å². The Balaban J connectivity index is 1.81. The molecule has 0 aliphatic carbocycles. The van der Waals surface area contributed by atoms with E-state index in [9.17, 15) is 9.18 Å². The number of hydrogen-bond donors (Lipinski definition) is 1. The molecule has 1 saturated heterocycles. The molecule has 1 aliphatic heterocycles. The first-order chi connectivity index (χ1) is 11.5. The number of rotatable bonds is 4. The number of amides is 1. The van der Waals surface area contributed by atoms with E-state index >= 15 is 0 Å². The summed E-state index contributed by atoms with van der Waals surface area (Å²) in [7, 11) is 1.82. The zero-order valence-electron chi connectivity index (χ0n) is 13.3. The largest absolute Gasteiger partial charge is 0.369 e. The molecular formula is C17H18FN5O. The topological polar surface area (TPSA) is 87.9 Å². The minimum atomic E-state index is -0.363. The third-order valence-electron chi connectivity index (χ3n) is 4.48. The van der Waals surface area contributed by atoms with E-state index in [2.05, 4.69) is 5.10 Å². The summed E-state index contributed by atoms with van der Waals surface area (Å²) in [6, 6.07) is 6.31. The number of halogens is 1. The molecule has 1 aromatic heterocycles. The van der Waals surface area contributed by atoms with E-state index in [0.29, 0.717) is 30.8 Å². The number of aryl methyl sites for hydroxylation is 1. The molecule has 3 rings (SSSR count). The molecule has 1 aliphatic rings. The first-order valence-electron chi connectivity index (χ1n) is 7.66. The van der Waals surface area contributed by atoms with Crippen LogP contribution < -0.4 is 5.73 Å². The molecule has 2 N–H and O–H groups in total. The number of nitrogens with two attached hydrogens (primary N) is 1. The molecule has 0 saturated carbocycles. The molecule has 0 spiro atoms. The first kappa shape index (κ1) is 16.1. The van der Waals surface area contributed by atoms with Gasteiger partial charge in [-0.15, -0.1) is 0 Å². The Bertz CT molecular complexity index is 810. The number of carbonyl (C=O) groups excluding carboxylic acids is 1. The van der Waals surface area contributed by atoms with Crippen molar-refractivity contribution in [2.24, 2.45) is 18.7 Å². The fourth-order valence-corrected chi connectivity index (χ4v) is 3.28. The van der Waals surface area contributed by atoms with Gasteiger partial charge in [0, 0.05) is 44.4 Å². The molecule has 1 fully saturated rings. The smallest absolute Gasteiger partial charge is 0.222 e. The van der Waals surface area contributed by atoms with Crippen molar-refractivity contribution >= 4 is 5.91 Å². The lowest BCUT2D eigenvalue weighted by Gasteiger charge is -2.16. The van der Waals surface area contributed by atoms with E-state index in [4.69, 9.17) is 11.0 Å². The molecule has 124 valence electrons. The van der Waals surface area contributed by atoms with Crippen LogP contribution in [0, 0.1) is 23.1 Å². The fraction of sp³-hybridized carbons (Fsp3) is 0.353. The molecule has 2 aromatic rings. The summed E-state index contributed by atoms with van der Waals surface area (Å²) in [5.74, 6) is -1.11. The predicted molar refractivity (Wildman–Crippen MR) is 85.0 cm³/mol. The minimum absolute atomic E-state index is 0.0570. The Morgan fingerprint density at radius 3 is 2.92 bits per heavy atom. The monoisotopic (exact) mass is 327 g/mol. The molecule has 0 bridgehead atoms. The van der Waals surface area contributed by atoms with Gasteiger partial charge in [0.05, 0.1) is 23.7 Å². The van der Waals surface area contributed by atoms with E-state index in [1.54, 1.807) is 16.9 Å². The number of nitriles is 1. The lowest BCUT2D eigenvalue weighted by molar-refractivity contribution is -0.121. The molecule has 2 atom stereocenters. The van der Waals surface area contributed by atoms with Gasteiger partial charge in [-0.2, -0.15) is 10.4 Å². The summed E-state index contributed by atoms with van der Waals surface area (Å²) in [6.45, 7) is 1.39. The van der Waals surface area contributed by atoms with E-state index < -0.39 is 0 Å². The van der Waals surface area contributed by atoms with Crippen molar-refractivity contribution in [2.75, 3.05) is 13.1 Å². The van der Waals surface area contributed by atoms with Crippen molar-refractivity contribution < 1.29 is 9.18 Å². The van der Waals surface area contributed by atoms with Gasteiger partial charge in [0.2, 0.25) is 5.91 Å². The van der Waals surface area contributed by atoms with Gasteiger partial charge in [-0.1, -0.05) is 0 Å². The van der Waals surface area contributed by atoms with Gasteiger partial charge >= 0.3 is 0 Å². The number of hydrogen-bond acceptors (Lipinski definition) is 4. The lowest BCUT2D eigenvalue weighted by atomic mass is 9.90. The highest BCUT2D eigenvalue weighted by molar-refractivity contribution is 5.78. The second-order valence-corrected chi connectivity index (χ2v) is 6.17. The van der Waals surface area contributed by atoms with Crippen molar-refractivity contribution in [1.29, 1.82) is 5.26 Å². The van der Waals surface area contributed by atoms with Gasteiger partial charge in [0.15, 0.2) is 0 Å².